The Bertz CT molecular complexity index is 252. The van der Waals surface area contributed by atoms with Crippen LogP contribution in [-0.2, 0) is 4.79 Å². The van der Waals surface area contributed by atoms with Gasteiger partial charge in [0.15, 0.2) is 0 Å². The monoisotopic (exact) mass is 262 g/mol. The Morgan fingerprint density at radius 2 is 1.88 bits per heavy atom. The Labute approximate surface area is 112 Å². The Morgan fingerprint density at radius 3 is 2.24 bits per heavy atom. The van der Waals surface area contributed by atoms with Crippen LogP contribution < -0.4 is 5.73 Å². The molecule has 0 bridgehead atoms. The third-order valence-corrected chi connectivity index (χ3v) is 4.25. The van der Waals surface area contributed by atoms with Gasteiger partial charge in [0.2, 0.25) is 5.91 Å². The maximum absolute atomic E-state index is 12.1. The second-order valence-corrected chi connectivity index (χ2v) is 5.49. The first-order valence-corrected chi connectivity index (χ1v) is 6.50. The molecule has 1 aliphatic heterocycles. The number of carbonyl (C=O) groups is 1. The maximum atomic E-state index is 12.1. The van der Waals surface area contributed by atoms with E-state index >= 15 is 0 Å². The van der Waals surface area contributed by atoms with Gasteiger partial charge in [-0.25, -0.2) is 0 Å². The van der Waals surface area contributed by atoms with E-state index in [9.17, 15) is 4.79 Å². The number of nitrogens with zero attached hydrogens (tertiary/aromatic N) is 1. The molecule has 1 aliphatic rings. The fourth-order valence-electron chi connectivity index (χ4n) is 2.45. The molecule has 0 spiro atoms. The first-order valence-electron chi connectivity index (χ1n) is 6.50. The van der Waals surface area contributed by atoms with E-state index in [-0.39, 0.29) is 30.3 Å². The molecule has 0 radical (unpaired) electrons. The number of nitrogens with two attached hydrogens (primary N) is 1. The number of rotatable bonds is 4. The highest BCUT2D eigenvalue weighted by Gasteiger charge is 2.38. The van der Waals surface area contributed by atoms with Crippen LogP contribution in [-0.4, -0.2) is 29.9 Å². The van der Waals surface area contributed by atoms with Gasteiger partial charge in [-0.2, -0.15) is 0 Å². The molecule has 2 N–H and O–H groups in total. The second-order valence-electron chi connectivity index (χ2n) is 5.49. The molecule has 1 fully saturated rings. The molecule has 102 valence electrons. The van der Waals surface area contributed by atoms with Gasteiger partial charge >= 0.3 is 0 Å². The van der Waals surface area contributed by atoms with Crippen molar-refractivity contribution in [1.82, 2.24) is 4.90 Å². The molecule has 4 heteroatoms. The predicted molar refractivity (Wildman–Crippen MR) is 74.3 cm³/mol. The fraction of sp³-hybridized carbons (Fsp3) is 0.923. The standard InChI is InChI=1S/C13H26N2O.ClH/c1-5-13(6-2)7-8-15(9-13)12(16)11(14)10(3)4;/h10-11H,5-9,14H2,1-4H3;1H/t11-;/m0./s1. The molecule has 0 aromatic carbocycles. The Balaban J connectivity index is 0.00000256. The van der Waals surface area contributed by atoms with E-state index in [2.05, 4.69) is 13.8 Å². The summed E-state index contributed by atoms with van der Waals surface area (Å²) in [4.78, 5) is 14.1. The number of amides is 1. The lowest BCUT2D eigenvalue weighted by Crippen LogP contribution is -2.46. The molecular formula is C13H27ClN2O. The molecule has 17 heavy (non-hydrogen) atoms. The van der Waals surface area contributed by atoms with E-state index in [0.29, 0.717) is 5.41 Å². The van der Waals surface area contributed by atoms with Gasteiger partial charge in [-0.3, -0.25) is 4.79 Å². The van der Waals surface area contributed by atoms with Gasteiger partial charge in [-0.05, 0) is 30.6 Å². The van der Waals surface area contributed by atoms with Crippen molar-refractivity contribution in [1.29, 1.82) is 0 Å². The minimum absolute atomic E-state index is 0. The quantitative estimate of drug-likeness (QED) is 0.846. The van der Waals surface area contributed by atoms with Crippen molar-refractivity contribution >= 4 is 18.3 Å². The maximum Gasteiger partial charge on any atom is 0.239 e. The van der Waals surface area contributed by atoms with Crippen molar-refractivity contribution in [2.75, 3.05) is 13.1 Å². The molecule has 1 heterocycles. The van der Waals surface area contributed by atoms with Crippen LogP contribution in [0, 0.1) is 11.3 Å². The van der Waals surface area contributed by atoms with Gasteiger partial charge < -0.3 is 10.6 Å². The van der Waals surface area contributed by atoms with Crippen LogP contribution >= 0.6 is 12.4 Å². The topological polar surface area (TPSA) is 46.3 Å². The van der Waals surface area contributed by atoms with E-state index in [1.807, 2.05) is 18.7 Å². The SMILES string of the molecule is CCC1(CC)CCN(C(=O)[C@@H](N)C(C)C)C1.Cl. The minimum atomic E-state index is -0.329. The normalized spacial score (nSPS) is 20.2. The van der Waals surface area contributed by atoms with Gasteiger partial charge in [0.1, 0.15) is 0 Å². The molecule has 0 unspecified atom stereocenters. The number of hydrogen-bond acceptors (Lipinski definition) is 2. The summed E-state index contributed by atoms with van der Waals surface area (Å²) in [6.07, 6.45) is 3.45. The van der Waals surface area contributed by atoms with E-state index in [4.69, 9.17) is 5.73 Å². The second kappa shape index (κ2) is 6.60. The van der Waals surface area contributed by atoms with Crippen molar-refractivity contribution in [3.8, 4) is 0 Å². The molecule has 1 rings (SSSR count). The fourth-order valence-corrected chi connectivity index (χ4v) is 2.45. The molecule has 0 aliphatic carbocycles. The van der Waals surface area contributed by atoms with Crippen molar-refractivity contribution in [3.05, 3.63) is 0 Å². The van der Waals surface area contributed by atoms with Crippen LogP contribution in [0.25, 0.3) is 0 Å². The third kappa shape index (κ3) is 3.59. The lowest BCUT2D eigenvalue weighted by atomic mass is 9.82. The predicted octanol–water partition coefficient (Wildman–Crippen LogP) is 2.43. The first kappa shape index (κ1) is 16.7. The first-order chi connectivity index (χ1) is 7.45. The average molecular weight is 263 g/mol. The van der Waals surface area contributed by atoms with E-state index in [0.717, 1.165) is 32.4 Å². The highest BCUT2D eigenvalue weighted by Crippen LogP contribution is 2.37. The highest BCUT2D eigenvalue weighted by molar-refractivity contribution is 5.85. The van der Waals surface area contributed by atoms with Gasteiger partial charge in [-0.15, -0.1) is 12.4 Å². The van der Waals surface area contributed by atoms with Gasteiger partial charge in [0.05, 0.1) is 6.04 Å². The van der Waals surface area contributed by atoms with Crippen LogP contribution in [0.5, 0.6) is 0 Å². The van der Waals surface area contributed by atoms with Crippen LogP contribution in [0.2, 0.25) is 0 Å². The van der Waals surface area contributed by atoms with Crippen molar-refractivity contribution in [2.45, 2.75) is 53.0 Å². The summed E-state index contributed by atoms with van der Waals surface area (Å²) in [6.45, 7) is 10.2. The average Bonchev–Trinajstić information content (AvgIpc) is 2.72. The van der Waals surface area contributed by atoms with Gasteiger partial charge in [-0.1, -0.05) is 27.7 Å². The van der Waals surface area contributed by atoms with Crippen molar-refractivity contribution in [3.63, 3.8) is 0 Å². The summed E-state index contributed by atoms with van der Waals surface area (Å²) in [5.41, 5.74) is 6.27. The summed E-state index contributed by atoms with van der Waals surface area (Å²) < 4.78 is 0. The number of likely N-dealkylation sites (tertiary alicyclic amines) is 1. The molecule has 3 nitrogen and oxygen atoms in total. The zero-order valence-electron chi connectivity index (χ0n) is 11.5. The van der Waals surface area contributed by atoms with Gasteiger partial charge in [0.25, 0.3) is 0 Å². The smallest absolute Gasteiger partial charge is 0.239 e. The number of carbonyl (C=O) groups excluding carboxylic acids is 1. The number of halogens is 1. The largest absolute Gasteiger partial charge is 0.341 e. The summed E-state index contributed by atoms with van der Waals surface area (Å²) >= 11 is 0. The van der Waals surface area contributed by atoms with Crippen molar-refractivity contribution < 1.29 is 4.79 Å². The molecule has 0 aromatic heterocycles. The van der Waals surface area contributed by atoms with E-state index < -0.39 is 0 Å². The van der Waals surface area contributed by atoms with Crippen LogP contribution in [0.3, 0.4) is 0 Å². The summed E-state index contributed by atoms with van der Waals surface area (Å²) in [5.74, 6) is 0.365. The van der Waals surface area contributed by atoms with E-state index in [1.165, 1.54) is 0 Å². The van der Waals surface area contributed by atoms with Crippen LogP contribution in [0.1, 0.15) is 47.0 Å². The molecule has 0 saturated carbocycles. The third-order valence-electron chi connectivity index (χ3n) is 4.25. The van der Waals surface area contributed by atoms with Crippen LogP contribution in [0.4, 0.5) is 0 Å². The molecule has 1 amide bonds. The van der Waals surface area contributed by atoms with E-state index in [1.54, 1.807) is 0 Å². The highest BCUT2D eigenvalue weighted by atomic mass is 35.5. The Morgan fingerprint density at radius 1 is 1.35 bits per heavy atom. The Hall–Kier alpha value is -0.280. The molecule has 1 atom stereocenters. The lowest BCUT2D eigenvalue weighted by Gasteiger charge is -2.28. The Kier molecular flexibility index (Phi) is 6.49. The minimum Gasteiger partial charge on any atom is -0.341 e. The lowest BCUT2D eigenvalue weighted by molar-refractivity contribution is -0.132. The number of hydrogen-bond donors (Lipinski definition) is 1. The summed E-state index contributed by atoms with van der Waals surface area (Å²) in [6, 6.07) is -0.329. The summed E-state index contributed by atoms with van der Waals surface area (Å²) in [7, 11) is 0. The summed E-state index contributed by atoms with van der Waals surface area (Å²) in [5, 5.41) is 0. The molecular weight excluding hydrogens is 236 g/mol. The molecule has 0 aromatic rings. The zero-order chi connectivity index (χ0) is 12.3. The van der Waals surface area contributed by atoms with Gasteiger partial charge in [0, 0.05) is 13.1 Å². The molecule has 1 saturated heterocycles. The van der Waals surface area contributed by atoms with Crippen molar-refractivity contribution in [2.24, 2.45) is 17.1 Å². The zero-order valence-corrected chi connectivity index (χ0v) is 12.3. The van der Waals surface area contributed by atoms with Crippen LogP contribution in [0.15, 0.2) is 0 Å².